The minimum absolute atomic E-state index is 0.0213. The summed E-state index contributed by atoms with van der Waals surface area (Å²) in [5.41, 5.74) is 1.68. The van der Waals surface area contributed by atoms with Gasteiger partial charge in [0.15, 0.2) is 0 Å². The molecule has 1 heterocycles. The number of hydrogen-bond donors (Lipinski definition) is 1. The number of halogens is 1. The van der Waals surface area contributed by atoms with Crippen molar-refractivity contribution in [2.45, 2.75) is 44.8 Å². The van der Waals surface area contributed by atoms with Gasteiger partial charge in [-0.15, -0.1) is 0 Å². The minimum Gasteiger partial charge on any atom is -0.493 e. The van der Waals surface area contributed by atoms with E-state index in [1.165, 1.54) is 18.5 Å². The van der Waals surface area contributed by atoms with Crippen LogP contribution in [0.2, 0.25) is 0 Å². The first-order chi connectivity index (χ1) is 16.8. The zero-order chi connectivity index (χ0) is 25.0. The molecule has 3 aromatic rings. The number of benzene rings is 2. The fraction of sp³-hybridized carbons (Fsp3) is 0.440. The average Bonchev–Trinajstić information content (AvgIpc) is 2.80. The minimum atomic E-state index is -2.36. The maximum atomic E-state index is 14.1. The summed E-state index contributed by atoms with van der Waals surface area (Å²) < 4.78 is 48.2. The molecule has 1 fully saturated rings. The van der Waals surface area contributed by atoms with E-state index in [-0.39, 0.29) is 18.0 Å². The van der Waals surface area contributed by atoms with Crippen molar-refractivity contribution < 1.29 is 22.8 Å². The van der Waals surface area contributed by atoms with Crippen LogP contribution in [0.15, 0.2) is 41.0 Å². The molecule has 1 aromatic heterocycles. The molecule has 0 unspecified atom stereocenters. The molecule has 35 heavy (non-hydrogen) atoms. The molecular weight excluding hydrogens is 471 g/mol. The Bertz CT molecular complexity index is 1310. The predicted molar refractivity (Wildman–Crippen MR) is 136 cm³/mol. The monoisotopic (exact) mass is 502 g/mol. The van der Waals surface area contributed by atoms with Crippen molar-refractivity contribution in [1.82, 2.24) is 9.97 Å². The number of nitrogens with zero attached hydrogens (tertiary/aromatic N) is 3. The number of aromatic nitrogens is 2. The standard InChI is InChI=1S/C25H31FN4O4S/c1-5-33-23-14-17(30-35(3,4)31)13-21-24(23)25(28-15-27-21)29-20-11-6-16(26)12-22(20)34-19-9-7-18(32-2)8-10-19/h6,11-15,18-19H,5,7-10H2,1-4H3,(H,27,28,29). The van der Waals surface area contributed by atoms with Gasteiger partial charge in [-0.3, -0.25) is 0 Å². The van der Waals surface area contributed by atoms with Gasteiger partial charge in [0.1, 0.15) is 29.5 Å². The number of hydrogen-bond acceptors (Lipinski definition) is 8. The number of fused-ring (bicyclic) bond motifs is 1. The van der Waals surface area contributed by atoms with Crippen LogP contribution in [0.3, 0.4) is 0 Å². The molecule has 0 spiro atoms. The van der Waals surface area contributed by atoms with Crippen LogP contribution in [0.5, 0.6) is 11.5 Å². The maximum Gasteiger partial charge on any atom is 0.146 e. The maximum absolute atomic E-state index is 14.1. The van der Waals surface area contributed by atoms with Crippen LogP contribution in [-0.2, 0) is 14.5 Å². The summed E-state index contributed by atoms with van der Waals surface area (Å²) in [6.45, 7) is 2.29. The summed E-state index contributed by atoms with van der Waals surface area (Å²) in [5.74, 6) is 1.03. The molecule has 1 aliphatic carbocycles. The van der Waals surface area contributed by atoms with Crippen molar-refractivity contribution in [3.05, 3.63) is 42.5 Å². The van der Waals surface area contributed by atoms with Crippen molar-refractivity contribution in [3.8, 4) is 11.5 Å². The Kier molecular flexibility index (Phi) is 7.71. The highest BCUT2D eigenvalue weighted by Crippen LogP contribution is 2.38. The molecule has 0 aliphatic heterocycles. The molecule has 4 rings (SSSR count). The van der Waals surface area contributed by atoms with E-state index in [2.05, 4.69) is 19.6 Å². The lowest BCUT2D eigenvalue weighted by Gasteiger charge is -2.28. The molecular formula is C25H31FN4O4S. The van der Waals surface area contributed by atoms with Crippen molar-refractivity contribution in [2.75, 3.05) is 31.5 Å². The van der Waals surface area contributed by atoms with Crippen LogP contribution in [-0.4, -0.2) is 52.6 Å². The highest BCUT2D eigenvalue weighted by atomic mass is 32.2. The summed E-state index contributed by atoms with van der Waals surface area (Å²) in [7, 11) is -0.640. The first-order valence-electron chi connectivity index (χ1n) is 11.6. The lowest BCUT2D eigenvalue weighted by Crippen LogP contribution is -2.27. The second-order valence-electron chi connectivity index (χ2n) is 8.78. The van der Waals surface area contributed by atoms with Crippen LogP contribution in [0.25, 0.3) is 10.9 Å². The topological polar surface area (TPSA) is 94.9 Å². The number of nitrogens with one attached hydrogen (secondary N) is 1. The fourth-order valence-electron chi connectivity index (χ4n) is 4.20. The molecule has 0 amide bonds. The normalized spacial score (nSPS) is 18.3. The van der Waals surface area contributed by atoms with Crippen LogP contribution >= 0.6 is 0 Å². The van der Waals surface area contributed by atoms with Crippen LogP contribution < -0.4 is 14.8 Å². The van der Waals surface area contributed by atoms with E-state index in [0.29, 0.717) is 46.2 Å². The zero-order valence-electron chi connectivity index (χ0n) is 20.4. The summed E-state index contributed by atoms with van der Waals surface area (Å²) >= 11 is 0. The Balaban J connectivity index is 1.70. The number of anilines is 2. The highest BCUT2D eigenvalue weighted by molar-refractivity contribution is 7.92. The lowest BCUT2D eigenvalue weighted by atomic mass is 9.95. The number of methoxy groups -OCH3 is 1. The third-order valence-corrected chi connectivity index (χ3v) is 6.41. The van der Waals surface area contributed by atoms with Gasteiger partial charge in [0.25, 0.3) is 0 Å². The van der Waals surface area contributed by atoms with Gasteiger partial charge >= 0.3 is 0 Å². The van der Waals surface area contributed by atoms with Gasteiger partial charge in [-0.25, -0.2) is 18.6 Å². The van der Waals surface area contributed by atoms with E-state index < -0.39 is 9.73 Å². The van der Waals surface area contributed by atoms with E-state index in [4.69, 9.17) is 14.2 Å². The van der Waals surface area contributed by atoms with E-state index in [1.807, 2.05) is 6.92 Å². The average molecular weight is 503 g/mol. The lowest BCUT2D eigenvalue weighted by molar-refractivity contribution is 0.0329. The van der Waals surface area contributed by atoms with E-state index >= 15 is 0 Å². The summed E-state index contributed by atoms with van der Waals surface area (Å²) in [5, 5.41) is 3.93. The highest BCUT2D eigenvalue weighted by Gasteiger charge is 2.23. The Morgan fingerprint density at radius 1 is 1.09 bits per heavy atom. The van der Waals surface area contributed by atoms with Crippen molar-refractivity contribution in [3.63, 3.8) is 0 Å². The first kappa shape index (κ1) is 25.1. The summed E-state index contributed by atoms with van der Waals surface area (Å²) in [6.07, 6.45) is 8.28. The molecule has 1 aliphatic rings. The molecule has 1 saturated carbocycles. The molecule has 1 N–H and O–H groups in total. The smallest absolute Gasteiger partial charge is 0.146 e. The Morgan fingerprint density at radius 2 is 1.83 bits per heavy atom. The number of rotatable bonds is 8. The molecule has 8 nitrogen and oxygen atoms in total. The van der Waals surface area contributed by atoms with Crippen molar-refractivity contribution in [2.24, 2.45) is 4.36 Å². The molecule has 0 radical (unpaired) electrons. The largest absolute Gasteiger partial charge is 0.493 e. The fourth-order valence-corrected chi connectivity index (χ4v) is 4.81. The van der Waals surface area contributed by atoms with Gasteiger partial charge in [-0.2, -0.15) is 4.36 Å². The van der Waals surface area contributed by atoms with Gasteiger partial charge in [-0.05, 0) is 50.8 Å². The molecule has 188 valence electrons. The van der Waals surface area contributed by atoms with Crippen LogP contribution in [0, 0.1) is 5.82 Å². The van der Waals surface area contributed by atoms with Crippen molar-refractivity contribution in [1.29, 1.82) is 0 Å². The molecule has 0 saturated heterocycles. The van der Waals surface area contributed by atoms with Crippen molar-refractivity contribution >= 4 is 37.8 Å². The second-order valence-corrected chi connectivity index (χ2v) is 11.3. The second kappa shape index (κ2) is 10.7. The molecule has 0 atom stereocenters. The quantitative estimate of drug-likeness (QED) is 0.428. The van der Waals surface area contributed by atoms with Gasteiger partial charge in [0, 0.05) is 41.5 Å². The van der Waals surface area contributed by atoms with Gasteiger partial charge in [0.05, 0.1) is 41.1 Å². The summed E-state index contributed by atoms with van der Waals surface area (Å²) in [4.78, 5) is 8.80. The third kappa shape index (κ3) is 6.37. The van der Waals surface area contributed by atoms with Crippen LogP contribution in [0.4, 0.5) is 21.6 Å². The molecule has 2 aromatic carbocycles. The Labute approximate surface area is 205 Å². The van der Waals surface area contributed by atoms with Gasteiger partial charge in [-0.1, -0.05) is 0 Å². The first-order valence-corrected chi connectivity index (χ1v) is 13.9. The molecule has 10 heteroatoms. The number of ether oxygens (including phenoxy) is 3. The SMILES string of the molecule is CCOc1cc(N=S(C)(C)=O)cc2ncnc(Nc3ccc(F)cc3OC3CCC(OC)CC3)c12. The van der Waals surface area contributed by atoms with Gasteiger partial charge < -0.3 is 19.5 Å². The van der Waals surface area contributed by atoms with Crippen LogP contribution in [0.1, 0.15) is 32.6 Å². The van der Waals surface area contributed by atoms with E-state index in [0.717, 1.165) is 25.7 Å². The van der Waals surface area contributed by atoms with E-state index in [9.17, 15) is 8.60 Å². The zero-order valence-corrected chi connectivity index (χ0v) is 21.2. The summed E-state index contributed by atoms with van der Waals surface area (Å²) in [6, 6.07) is 7.86. The Morgan fingerprint density at radius 3 is 2.51 bits per heavy atom. The van der Waals surface area contributed by atoms with E-state index in [1.54, 1.807) is 37.8 Å². The Hall–Kier alpha value is -2.98. The third-order valence-electron chi connectivity index (χ3n) is 5.76. The molecule has 0 bridgehead atoms. The predicted octanol–water partition coefficient (Wildman–Crippen LogP) is 5.61. The van der Waals surface area contributed by atoms with Gasteiger partial charge in [0.2, 0.25) is 0 Å².